The number of hydrogen-bond donors (Lipinski definition) is 1. The number of anilines is 1. The monoisotopic (exact) mass is 369 g/mol. The molecule has 0 unspecified atom stereocenters. The summed E-state index contributed by atoms with van der Waals surface area (Å²) >= 11 is 3.35. The van der Waals surface area contributed by atoms with Crippen LogP contribution in [-0.4, -0.2) is 12.7 Å². The molecule has 1 amide bonds. The summed E-state index contributed by atoms with van der Waals surface area (Å²) in [4.78, 5) is 13.7. The topological polar surface area (TPSA) is 47.6 Å². The third-order valence-corrected chi connectivity index (χ3v) is 5.61. The Morgan fingerprint density at radius 2 is 2.00 bits per heavy atom. The molecule has 2 aromatic carbocycles. The summed E-state index contributed by atoms with van der Waals surface area (Å²) in [6, 6.07) is 15.1. The minimum atomic E-state index is -0.132. The molecule has 0 radical (unpaired) electrons. The van der Waals surface area contributed by atoms with Gasteiger partial charge in [-0.15, -0.1) is 11.8 Å². The van der Waals surface area contributed by atoms with Crippen molar-refractivity contribution < 1.29 is 14.3 Å². The number of amides is 1. The van der Waals surface area contributed by atoms with Gasteiger partial charge in [-0.3, -0.25) is 4.79 Å². The molecule has 3 aromatic rings. The van der Waals surface area contributed by atoms with E-state index in [-0.39, 0.29) is 12.7 Å². The molecule has 0 saturated heterocycles. The fourth-order valence-electron chi connectivity index (χ4n) is 2.49. The highest BCUT2D eigenvalue weighted by atomic mass is 32.2. The van der Waals surface area contributed by atoms with E-state index in [1.165, 1.54) is 5.56 Å². The first-order valence-electron chi connectivity index (χ1n) is 7.73. The molecule has 25 heavy (non-hydrogen) atoms. The van der Waals surface area contributed by atoms with Crippen molar-refractivity contribution in [1.29, 1.82) is 0 Å². The van der Waals surface area contributed by atoms with E-state index in [2.05, 4.69) is 22.1 Å². The number of thiophene rings is 1. The molecule has 0 bridgehead atoms. The number of ether oxygens (including phenoxy) is 2. The fraction of sp³-hybridized carbons (Fsp3) is 0.105. The molecule has 0 spiro atoms. The fourth-order valence-corrected chi connectivity index (χ4v) is 4.26. The third-order valence-electron chi connectivity index (χ3n) is 3.74. The number of nitrogens with one attached hydrogen (secondary N) is 1. The smallest absolute Gasteiger partial charge is 0.256 e. The van der Waals surface area contributed by atoms with Crippen molar-refractivity contribution >= 4 is 34.7 Å². The maximum atomic E-state index is 12.7. The second-order valence-electron chi connectivity index (χ2n) is 5.44. The summed E-state index contributed by atoms with van der Waals surface area (Å²) < 4.78 is 10.6. The normalized spacial score (nSPS) is 12.2. The summed E-state index contributed by atoms with van der Waals surface area (Å²) in [5, 5.41) is 7.13. The van der Waals surface area contributed by atoms with Crippen molar-refractivity contribution in [3.63, 3.8) is 0 Å². The second-order valence-corrected chi connectivity index (χ2v) is 7.24. The number of fused-ring (bicyclic) bond motifs is 1. The van der Waals surface area contributed by atoms with Crippen molar-refractivity contribution in [3.8, 4) is 11.5 Å². The van der Waals surface area contributed by atoms with Gasteiger partial charge in [0.1, 0.15) is 0 Å². The molecule has 2 heterocycles. The average molecular weight is 369 g/mol. The SMILES string of the molecule is O=C(Nc1ccc2c(c1)OCO2)c1ccccc1SCc1ccsc1. The van der Waals surface area contributed by atoms with Crippen LogP contribution >= 0.6 is 23.1 Å². The zero-order valence-electron chi connectivity index (χ0n) is 13.2. The number of carbonyl (C=O) groups excluding carboxylic acids is 1. The van der Waals surface area contributed by atoms with Gasteiger partial charge in [-0.25, -0.2) is 0 Å². The Kier molecular flexibility index (Phi) is 4.63. The van der Waals surface area contributed by atoms with Crippen LogP contribution in [0.15, 0.2) is 64.2 Å². The predicted molar refractivity (Wildman–Crippen MR) is 101 cm³/mol. The second kappa shape index (κ2) is 7.21. The highest BCUT2D eigenvalue weighted by Gasteiger charge is 2.16. The predicted octanol–water partition coefficient (Wildman–Crippen LogP) is 5.02. The average Bonchev–Trinajstić information content (AvgIpc) is 3.31. The summed E-state index contributed by atoms with van der Waals surface area (Å²) in [6.45, 7) is 0.217. The quantitative estimate of drug-likeness (QED) is 0.642. The zero-order chi connectivity index (χ0) is 17.1. The molecule has 0 fully saturated rings. The zero-order valence-corrected chi connectivity index (χ0v) is 14.9. The first-order valence-corrected chi connectivity index (χ1v) is 9.66. The summed E-state index contributed by atoms with van der Waals surface area (Å²) in [5.74, 6) is 2.06. The lowest BCUT2D eigenvalue weighted by atomic mass is 10.2. The van der Waals surface area contributed by atoms with Gasteiger partial charge >= 0.3 is 0 Å². The van der Waals surface area contributed by atoms with Crippen LogP contribution < -0.4 is 14.8 Å². The van der Waals surface area contributed by atoms with Crippen LogP contribution in [0.3, 0.4) is 0 Å². The highest BCUT2D eigenvalue weighted by molar-refractivity contribution is 7.98. The van der Waals surface area contributed by atoms with Crippen molar-refractivity contribution in [2.75, 3.05) is 12.1 Å². The molecule has 126 valence electrons. The molecule has 1 aliphatic rings. The van der Waals surface area contributed by atoms with E-state index in [4.69, 9.17) is 9.47 Å². The van der Waals surface area contributed by atoms with Crippen LogP contribution in [0.25, 0.3) is 0 Å². The van der Waals surface area contributed by atoms with Crippen LogP contribution in [0, 0.1) is 0 Å². The molecule has 1 aliphatic heterocycles. The largest absolute Gasteiger partial charge is 0.454 e. The van der Waals surface area contributed by atoms with Crippen LogP contribution in [0.2, 0.25) is 0 Å². The summed E-state index contributed by atoms with van der Waals surface area (Å²) in [5.41, 5.74) is 2.62. The molecule has 0 atom stereocenters. The molecule has 4 rings (SSSR count). The van der Waals surface area contributed by atoms with E-state index in [1.807, 2.05) is 30.3 Å². The van der Waals surface area contributed by atoms with Gasteiger partial charge in [-0.2, -0.15) is 11.3 Å². The molecular weight excluding hydrogens is 354 g/mol. The van der Waals surface area contributed by atoms with Crippen molar-refractivity contribution in [2.45, 2.75) is 10.6 Å². The molecule has 4 nitrogen and oxygen atoms in total. The van der Waals surface area contributed by atoms with Crippen LogP contribution in [0.4, 0.5) is 5.69 Å². The van der Waals surface area contributed by atoms with Gasteiger partial charge in [-0.05, 0) is 46.7 Å². The van der Waals surface area contributed by atoms with Crippen molar-refractivity contribution in [1.82, 2.24) is 0 Å². The lowest BCUT2D eigenvalue weighted by molar-refractivity contribution is 0.102. The maximum absolute atomic E-state index is 12.7. The number of carbonyl (C=O) groups is 1. The van der Waals surface area contributed by atoms with Gasteiger partial charge in [-0.1, -0.05) is 12.1 Å². The number of rotatable bonds is 5. The lowest BCUT2D eigenvalue weighted by Gasteiger charge is -2.10. The highest BCUT2D eigenvalue weighted by Crippen LogP contribution is 2.34. The molecule has 6 heteroatoms. The van der Waals surface area contributed by atoms with Gasteiger partial charge in [0.25, 0.3) is 5.91 Å². The Bertz CT molecular complexity index is 893. The van der Waals surface area contributed by atoms with E-state index < -0.39 is 0 Å². The van der Waals surface area contributed by atoms with E-state index in [9.17, 15) is 4.79 Å². The first-order chi connectivity index (χ1) is 12.3. The Morgan fingerprint density at radius 1 is 1.12 bits per heavy atom. The summed E-state index contributed by atoms with van der Waals surface area (Å²) in [6.07, 6.45) is 0. The standard InChI is InChI=1S/C19H15NO3S2/c21-19(20-14-5-6-16-17(9-14)23-12-22-16)15-3-1-2-4-18(15)25-11-13-7-8-24-10-13/h1-10H,11-12H2,(H,20,21). The molecular formula is C19H15NO3S2. The van der Waals surface area contributed by atoms with E-state index in [0.717, 1.165) is 10.6 Å². The minimum absolute atomic E-state index is 0.132. The van der Waals surface area contributed by atoms with Crippen molar-refractivity contribution in [2.24, 2.45) is 0 Å². The summed E-state index contributed by atoms with van der Waals surface area (Å²) in [7, 11) is 0. The molecule has 0 saturated carbocycles. The minimum Gasteiger partial charge on any atom is -0.454 e. The number of thioether (sulfide) groups is 1. The number of benzene rings is 2. The first kappa shape index (κ1) is 16.1. The van der Waals surface area contributed by atoms with Crippen LogP contribution in [-0.2, 0) is 5.75 Å². The van der Waals surface area contributed by atoms with Gasteiger partial charge in [0, 0.05) is 22.4 Å². The maximum Gasteiger partial charge on any atom is 0.256 e. The molecule has 0 aliphatic carbocycles. The van der Waals surface area contributed by atoms with Gasteiger partial charge in [0.15, 0.2) is 11.5 Å². The lowest BCUT2D eigenvalue weighted by Crippen LogP contribution is -2.12. The van der Waals surface area contributed by atoms with Gasteiger partial charge in [0.05, 0.1) is 5.56 Å². The van der Waals surface area contributed by atoms with Crippen molar-refractivity contribution in [3.05, 3.63) is 70.4 Å². The van der Waals surface area contributed by atoms with E-state index in [1.54, 1.807) is 35.2 Å². The number of hydrogen-bond acceptors (Lipinski definition) is 5. The van der Waals surface area contributed by atoms with E-state index >= 15 is 0 Å². The Labute approximate surface area is 153 Å². The third kappa shape index (κ3) is 3.65. The molecule has 1 N–H and O–H groups in total. The Hall–Kier alpha value is -2.44. The van der Waals surface area contributed by atoms with E-state index in [0.29, 0.717) is 22.7 Å². The van der Waals surface area contributed by atoms with Gasteiger partial charge < -0.3 is 14.8 Å². The van der Waals surface area contributed by atoms with Crippen LogP contribution in [0.5, 0.6) is 11.5 Å². The Balaban J connectivity index is 1.50. The van der Waals surface area contributed by atoms with Crippen LogP contribution in [0.1, 0.15) is 15.9 Å². The Morgan fingerprint density at radius 3 is 2.88 bits per heavy atom. The molecule has 1 aromatic heterocycles. The van der Waals surface area contributed by atoms with Gasteiger partial charge in [0.2, 0.25) is 6.79 Å².